The van der Waals surface area contributed by atoms with Gasteiger partial charge in [0.25, 0.3) is 11.8 Å². The van der Waals surface area contributed by atoms with Gasteiger partial charge in [-0.1, -0.05) is 0 Å². The zero-order valence-corrected chi connectivity index (χ0v) is 16.1. The Bertz CT molecular complexity index is 801. The van der Waals surface area contributed by atoms with Gasteiger partial charge in [0.1, 0.15) is 5.69 Å². The molecule has 1 aliphatic heterocycles. The molecule has 144 valence electrons. The Morgan fingerprint density at radius 2 is 2.07 bits per heavy atom. The first-order valence-corrected chi connectivity index (χ1v) is 9.49. The molecule has 0 spiro atoms. The largest absolute Gasteiger partial charge is 0.339 e. The number of hydrogen-bond donors (Lipinski definition) is 1. The van der Waals surface area contributed by atoms with Gasteiger partial charge in [0.2, 0.25) is 0 Å². The minimum atomic E-state index is -0.189. The lowest BCUT2D eigenvalue weighted by Gasteiger charge is -2.34. The maximum absolute atomic E-state index is 12.8. The van der Waals surface area contributed by atoms with Crippen LogP contribution in [-0.2, 0) is 0 Å². The molecule has 27 heavy (non-hydrogen) atoms. The molecule has 3 rings (SSSR count). The Balaban J connectivity index is 1.87. The number of aromatic nitrogens is 4. The maximum Gasteiger partial charge on any atom is 0.272 e. The van der Waals surface area contributed by atoms with Gasteiger partial charge in [-0.05, 0) is 46.1 Å². The van der Waals surface area contributed by atoms with Crippen LogP contribution < -0.4 is 0 Å². The van der Waals surface area contributed by atoms with Crippen molar-refractivity contribution in [3.8, 4) is 0 Å². The summed E-state index contributed by atoms with van der Waals surface area (Å²) >= 11 is 0. The van der Waals surface area contributed by atoms with E-state index in [2.05, 4.69) is 20.2 Å². The molecule has 1 N–H and O–H groups in total. The molecular weight excluding hydrogens is 344 g/mol. The second-order valence-electron chi connectivity index (χ2n) is 6.69. The fraction of sp³-hybridized carbons (Fsp3) is 0.526. The van der Waals surface area contributed by atoms with Crippen molar-refractivity contribution in [1.29, 1.82) is 0 Å². The molecule has 1 fully saturated rings. The minimum Gasteiger partial charge on any atom is -0.339 e. The third-order valence-electron chi connectivity index (χ3n) is 5.07. The Kier molecular flexibility index (Phi) is 5.83. The number of carbonyl (C=O) groups excluding carboxylic acids is 2. The predicted octanol–water partition coefficient (Wildman–Crippen LogP) is 2.36. The molecule has 0 saturated carbocycles. The smallest absolute Gasteiger partial charge is 0.272 e. The fourth-order valence-corrected chi connectivity index (χ4v) is 3.51. The number of amides is 2. The van der Waals surface area contributed by atoms with Crippen LogP contribution in [0, 0.1) is 6.92 Å². The highest BCUT2D eigenvalue weighted by atomic mass is 16.2. The summed E-state index contributed by atoms with van der Waals surface area (Å²) in [4.78, 5) is 38.1. The van der Waals surface area contributed by atoms with E-state index < -0.39 is 0 Å². The monoisotopic (exact) mass is 370 g/mol. The zero-order chi connectivity index (χ0) is 19.4. The highest BCUT2D eigenvalue weighted by molar-refractivity contribution is 5.95. The third kappa shape index (κ3) is 3.84. The summed E-state index contributed by atoms with van der Waals surface area (Å²) in [6, 6.07) is 1.48. The molecule has 8 nitrogen and oxygen atoms in total. The summed E-state index contributed by atoms with van der Waals surface area (Å²) in [7, 11) is 0. The van der Waals surface area contributed by atoms with Crippen molar-refractivity contribution in [2.24, 2.45) is 0 Å². The molecule has 1 aliphatic rings. The Morgan fingerprint density at radius 1 is 1.30 bits per heavy atom. The lowest BCUT2D eigenvalue weighted by atomic mass is 10.0. The van der Waals surface area contributed by atoms with Gasteiger partial charge < -0.3 is 9.80 Å². The molecule has 8 heteroatoms. The van der Waals surface area contributed by atoms with Crippen molar-refractivity contribution in [3.05, 3.63) is 41.2 Å². The number of H-pyrrole nitrogens is 1. The van der Waals surface area contributed by atoms with Crippen molar-refractivity contribution in [1.82, 2.24) is 30.0 Å². The van der Waals surface area contributed by atoms with Crippen LogP contribution in [0.2, 0.25) is 0 Å². The Labute approximate surface area is 159 Å². The summed E-state index contributed by atoms with van der Waals surface area (Å²) < 4.78 is 0. The summed E-state index contributed by atoms with van der Waals surface area (Å²) in [5, 5.41) is 6.60. The summed E-state index contributed by atoms with van der Waals surface area (Å²) in [5.74, 6) is 0.441. The van der Waals surface area contributed by atoms with Crippen LogP contribution in [0.25, 0.3) is 0 Å². The second kappa shape index (κ2) is 8.28. The first kappa shape index (κ1) is 19.0. The quantitative estimate of drug-likeness (QED) is 0.872. The average Bonchev–Trinajstić information content (AvgIpc) is 3.23. The van der Waals surface area contributed by atoms with E-state index in [0.29, 0.717) is 42.4 Å². The number of aryl methyl sites for hydroxylation is 1. The second-order valence-corrected chi connectivity index (χ2v) is 6.69. The van der Waals surface area contributed by atoms with Crippen molar-refractivity contribution in [2.45, 2.75) is 46.1 Å². The van der Waals surface area contributed by atoms with E-state index >= 15 is 0 Å². The van der Waals surface area contributed by atoms with Crippen molar-refractivity contribution >= 4 is 11.8 Å². The van der Waals surface area contributed by atoms with Crippen molar-refractivity contribution in [3.63, 3.8) is 0 Å². The van der Waals surface area contributed by atoms with E-state index in [-0.39, 0.29) is 17.9 Å². The molecule has 2 aromatic rings. The van der Waals surface area contributed by atoms with Crippen molar-refractivity contribution in [2.75, 3.05) is 19.6 Å². The SMILES string of the molecule is CCN(CC)C(=O)c1cnc(C2CCCCN2C(=O)c2ccn[nH]2)nc1C. The summed E-state index contributed by atoms with van der Waals surface area (Å²) in [6.07, 6.45) is 5.95. The van der Waals surface area contributed by atoms with Gasteiger partial charge in [0.05, 0.1) is 17.3 Å². The van der Waals surface area contributed by atoms with Crippen molar-refractivity contribution < 1.29 is 9.59 Å². The van der Waals surface area contributed by atoms with E-state index in [1.165, 1.54) is 0 Å². The molecule has 0 aliphatic carbocycles. The van der Waals surface area contributed by atoms with Gasteiger partial charge in [0, 0.05) is 32.0 Å². The number of hydrogen-bond acceptors (Lipinski definition) is 5. The Morgan fingerprint density at radius 3 is 2.70 bits per heavy atom. The lowest BCUT2D eigenvalue weighted by Crippen LogP contribution is -2.39. The van der Waals surface area contributed by atoms with Crippen LogP contribution in [0.3, 0.4) is 0 Å². The lowest BCUT2D eigenvalue weighted by molar-refractivity contribution is 0.0592. The standard InChI is InChI=1S/C19H26N6O2/c1-4-24(5-2)18(26)14-12-20-17(22-13(14)3)16-8-6-7-11-25(16)19(27)15-9-10-21-23-15/h9-10,12,16H,4-8,11H2,1-3H3,(H,21,23). The van der Waals surface area contributed by atoms with E-state index in [1.807, 2.05) is 20.8 Å². The zero-order valence-electron chi connectivity index (χ0n) is 16.1. The third-order valence-corrected chi connectivity index (χ3v) is 5.07. The molecule has 0 radical (unpaired) electrons. The van der Waals surface area contributed by atoms with Crippen LogP contribution in [0.15, 0.2) is 18.5 Å². The number of carbonyl (C=O) groups is 2. The van der Waals surface area contributed by atoms with E-state index in [0.717, 1.165) is 19.3 Å². The van der Waals surface area contributed by atoms with Gasteiger partial charge >= 0.3 is 0 Å². The highest BCUT2D eigenvalue weighted by Crippen LogP contribution is 2.30. The van der Waals surface area contributed by atoms with Gasteiger partial charge in [-0.3, -0.25) is 14.7 Å². The summed E-state index contributed by atoms with van der Waals surface area (Å²) in [5.41, 5.74) is 1.63. The van der Waals surface area contributed by atoms with Crippen LogP contribution >= 0.6 is 0 Å². The average molecular weight is 370 g/mol. The molecule has 1 saturated heterocycles. The number of piperidine rings is 1. The summed E-state index contributed by atoms with van der Waals surface area (Å²) in [6.45, 7) is 7.67. The van der Waals surface area contributed by atoms with Gasteiger partial charge in [0.15, 0.2) is 5.82 Å². The Hall–Kier alpha value is -2.77. The number of aromatic amines is 1. The fourth-order valence-electron chi connectivity index (χ4n) is 3.51. The van der Waals surface area contributed by atoms with E-state index in [1.54, 1.807) is 28.3 Å². The number of rotatable bonds is 5. The first-order chi connectivity index (χ1) is 13.1. The molecule has 1 atom stereocenters. The number of likely N-dealkylation sites (tertiary alicyclic amines) is 1. The number of nitrogens with one attached hydrogen (secondary N) is 1. The van der Waals surface area contributed by atoms with Gasteiger partial charge in [-0.15, -0.1) is 0 Å². The van der Waals surface area contributed by atoms with Crippen LogP contribution in [-0.4, -0.2) is 61.4 Å². The maximum atomic E-state index is 12.8. The van der Waals surface area contributed by atoms with E-state index in [9.17, 15) is 9.59 Å². The van der Waals surface area contributed by atoms with Crippen LogP contribution in [0.5, 0.6) is 0 Å². The number of nitrogens with zero attached hydrogens (tertiary/aromatic N) is 5. The van der Waals surface area contributed by atoms with Crippen LogP contribution in [0.1, 0.15) is 71.5 Å². The molecule has 3 heterocycles. The van der Waals surface area contributed by atoms with E-state index in [4.69, 9.17) is 0 Å². The molecule has 0 bridgehead atoms. The topological polar surface area (TPSA) is 95.1 Å². The molecule has 1 unspecified atom stereocenters. The molecule has 2 aromatic heterocycles. The minimum absolute atomic E-state index is 0.0573. The van der Waals surface area contributed by atoms with Crippen LogP contribution in [0.4, 0.5) is 0 Å². The molecule has 0 aromatic carbocycles. The normalized spacial score (nSPS) is 17.0. The molecular formula is C19H26N6O2. The van der Waals surface area contributed by atoms with Gasteiger partial charge in [-0.2, -0.15) is 5.10 Å². The highest BCUT2D eigenvalue weighted by Gasteiger charge is 2.31. The first-order valence-electron chi connectivity index (χ1n) is 9.49. The van der Waals surface area contributed by atoms with Gasteiger partial charge in [-0.25, -0.2) is 9.97 Å². The molecule has 2 amide bonds. The predicted molar refractivity (Wildman–Crippen MR) is 100 cm³/mol.